The zero-order valence-corrected chi connectivity index (χ0v) is 14.2. The molecule has 0 aliphatic carbocycles. The SMILES string of the molecule is CCC(C)(CC(C)(C)C(=O)OCC1CO1)C(=O)OCC(C)O. The molecule has 0 bridgehead atoms. The summed E-state index contributed by atoms with van der Waals surface area (Å²) in [4.78, 5) is 24.5. The number of hydrogen-bond acceptors (Lipinski definition) is 6. The maximum Gasteiger partial charge on any atom is 0.311 e. The first kappa shape index (κ1) is 18.9. The topological polar surface area (TPSA) is 85.4 Å². The summed E-state index contributed by atoms with van der Waals surface area (Å²) in [6.45, 7) is 9.58. The predicted molar refractivity (Wildman–Crippen MR) is 80.1 cm³/mol. The molecular weight excluding hydrogens is 288 g/mol. The third kappa shape index (κ3) is 5.57. The Balaban J connectivity index is 2.63. The Hall–Kier alpha value is -1.14. The Morgan fingerprint density at radius 3 is 2.32 bits per heavy atom. The molecule has 1 aliphatic heterocycles. The number of carbonyl (C=O) groups is 2. The van der Waals surface area contributed by atoms with Crippen LogP contribution in [-0.2, 0) is 23.8 Å². The van der Waals surface area contributed by atoms with Crippen molar-refractivity contribution in [2.45, 2.75) is 59.7 Å². The molecule has 1 fully saturated rings. The van der Waals surface area contributed by atoms with Gasteiger partial charge in [-0.15, -0.1) is 0 Å². The molecule has 1 heterocycles. The van der Waals surface area contributed by atoms with Gasteiger partial charge in [0.1, 0.15) is 19.3 Å². The maximum absolute atomic E-state index is 12.3. The lowest BCUT2D eigenvalue weighted by Gasteiger charge is -2.33. The number of carbonyl (C=O) groups excluding carboxylic acids is 2. The number of ether oxygens (including phenoxy) is 3. The van der Waals surface area contributed by atoms with Crippen molar-refractivity contribution in [2.24, 2.45) is 10.8 Å². The number of aliphatic hydroxyl groups excluding tert-OH is 1. The second kappa shape index (κ2) is 7.42. The normalized spacial score (nSPS) is 21.6. The summed E-state index contributed by atoms with van der Waals surface area (Å²) in [7, 11) is 0. The van der Waals surface area contributed by atoms with Gasteiger partial charge in [-0.25, -0.2) is 0 Å². The summed E-state index contributed by atoms with van der Waals surface area (Å²) in [6, 6.07) is 0. The molecule has 0 spiro atoms. The van der Waals surface area contributed by atoms with Gasteiger partial charge in [0.25, 0.3) is 0 Å². The van der Waals surface area contributed by atoms with E-state index >= 15 is 0 Å². The molecule has 0 amide bonds. The van der Waals surface area contributed by atoms with E-state index in [2.05, 4.69) is 0 Å². The molecular formula is C16H28O6. The minimum atomic E-state index is -0.802. The first-order valence-corrected chi connectivity index (χ1v) is 7.75. The van der Waals surface area contributed by atoms with Gasteiger partial charge < -0.3 is 19.3 Å². The fourth-order valence-corrected chi connectivity index (χ4v) is 2.29. The van der Waals surface area contributed by atoms with Gasteiger partial charge in [0.2, 0.25) is 0 Å². The van der Waals surface area contributed by atoms with Crippen molar-refractivity contribution in [3.8, 4) is 0 Å². The lowest BCUT2D eigenvalue weighted by molar-refractivity contribution is -0.165. The largest absolute Gasteiger partial charge is 0.463 e. The molecule has 0 saturated carbocycles. The summed E-state index contributed by atoms with van der Waals surface area (Å²) < 4.78 is 15.4. The molecule has 1 rings (SSSR count). The minimum Gasteiger partial charge on any atom is -0.463 e. The Morgan fingerprint density at radius 1 is 1.27 bits per heavy atom. The Bertz CT molecular complexity index is 399. The zero-order valence-electron chi connectivity index (χ0n) is 14.2. The quantitative estimate of drug-likeness (QED) is 0.514. The molecule has 0 aromatic carbocycles. The predicted octanol–water partition coefficient (Wildman–Crippen LogP) is 1.68. The maximum atomic E-state index is 12.3. The van der Waals surface area contributed by atoms with Gasteiger partial charge in [-0.05, 0) is 40.5 Å². The standard InChI is InChI=1S/C16H28O6/c1-6-16(5,14(19)21-7-11(2)17)10-15(3,4)13(18)22-9-12-8-20-12/h11-12,17H,6-10H2,1-5H3. The molecule has 3 unspecified atom stereocenters. The van der Waals surface area contributed by atoms with Crippen LogP contribution in [-0.4, -0.2) is 49.1 Å². The average molecular weight is 316 g/mol. The molecule has 3 atom stereocenters. The number of esters is 2. The fraction of sp³-hybridized carbons (Fsp3) is 0.875. The Morgan fingerprint density at radius 2 is 1.86 bits per heavy atom. The van der Waals surface area contributed by atoms with E-state index < -0.39 is 22.9 Å². The molecule has 128 valence electrons. The van der Waals surface area contributed by atoms with Crippen LogP contribution in [0.2, 0.25) is 0 Å². The summed E-state index contributed by atoms with van der Waals surface area (Å²) >= 11 is 0. The molecule has 1 aliphatic rings. The minimum absolute atomic E-state index is 0.0216. The molecule has 22 heavy (non-hydrogen) atoms. The van der Waals surface area contributed by atoms with Gasteiger partial charge in [-0.1, -0.05) is 6.92 Å². The fourth-order valence-electron chi connectivity index (χ4n) is 2.29. The van der Waals surface area contributed by atoms with Gasteiger partial charge >= 0.3 is 11.9 Å². The van der Waals surface area contributed by atoms with Crippen molar-refractivity contribution < 1.29 is 28.9 Å². The van der Waals surface area contributed by atoms with Crippen LogP contribution in [0.25, 0.3) is 0 Å². The van der Waals surface area contributed by atoms with Crippen LogP contribution in [0.3, 0.4) is 0 Å². The first-order chi connectivity index (χ1) is 10.1. The zero-order chi connectivity index (χ0) is 17.0. The van der Waals surface area contributed by atoms with E-state index in [0.717, 1.165) is 0 Å². The second-order valence-electron chi connectivity index (χ2n) is 6.98. The van der Waals surface area contributed by atoms with Gasteiger partial charge in [-0.3, -0.25) is 9.59 Å². The molecule has 1 saturated heterocycles. The number of epoxide rings is 1. The van der Waals surface area contributed by atoms with Crippen LogP contribution in [0, 0.1) is 10.8 Å². The van der Waals surface area contributed by atoms with E-state index in [1.807, 2.05) is 6.92 Å². The highest BCUT2D eigenvalue weighted by Crippen LogP contribution is 2.38. The van der Waals surface area contributed by atoms with Gasteiger partial charge in [-0.2, -0.15) is 0 Å². The number of rotatable bonds is 9. The van der Waals surface area contributed by atoms with Crippen LogP contribution in [0.4, 0.5) is 0 Å². The van der Waals surface area contributed by atoms with Gasteiger partial charge in [0.05, 0.1) is 23.5 Å². The van der Waals surface area contributed by atoms with Crippen molar-refractivity contribution in [1.82, 2.24) is 0 Å². The van der Waals surface area contributed by atoms with E-state index in [4.69, 9.17) is 14.2 Å². The lowest BCUT2D eigenvalue weighted by Crippen LogP contribution is -2.39. The second-order valence-corrected chi connectivity index (χ2v) is 6.98. The van der Waals surface area contributed by atoms with Crippen LogP contribution in [0.5, 0.6) is 0 Å². The van der Waals surface area contributed by atoms with E-state index in [1.165, 1.54) is 0 Å². The van der Waals surface area contributed by atoms with Crippen LogP contribution >= 0.6 is 0 Å². The van der Waals surface area contributed by atoms with Crippen LogP contribution < -0.4 is 0 Å². The summed E-state index contributed by atoms with van der Waals surface area (Å²) in [6.07, 6.45) is 0.169. The highest BCUT2D eigenvalue weighted by molar-refractivity contribution is 5.80. The third-order valence-electron chi connectivity index (χ3n) is 3.92. The molecule has 0 aromatic rings. The molecule has 0 aromatic heterocycles. The van der Waals surface area contributed by atoms with E-state index in [9.17, 15) is 14.7 Å². The highest BCUT2D eigenvalue weighted by Gasteiger charge is 2.43. The third-order valence-corrected chi connectivity index (χ3v) is 3.92. The lowest BCUT2D eigenvalue weighted by atomic mass is 9.72. The van der Waals surface area contributed by atoms with Crippen molar-refractivity contribution in [3.63, 3.8) is 0 Å². The van der Waals surface area contributed by atoms with Crippen molar-refractivity contribution in [1.29, 1.82) is 0 Å². The monoisotopic (exact) mass is 316 g/mol. The molecule has 6 heteroatoms. The van der Waals surface area contributed by atoms with Crippen LogP contribution in [0.15, 0.2) is 0 Å². The van der Waals surface area contributed by atoms with E-state index in [1.54, 1.807) is 27.7 Å². The van der Waals surface area contributed by atoms with E-state index in [0.29, 0.717) is 19.4 Å². The average Bonchev–Trinajstić information content (AvgIpc) is 3.25. The molecule has 1 N–H and O–H groups in total. The summed E-state index contributed by atoms with van der Waals surface area (Å²) in [5, 5.41) is 9.23. The Kier molecular flexibility index (Phi) is 6.38. The van der Waals surface area contributed by atoms with Gasteiger partial charge in [0, 0.05) is 0 Å². The van der Waals surface area contributed by atoms with Crippen molar-refractivity contribution in [2.75, 3.05) is 19.8 Å². The smallest absolute Gasteiger partial charge is 0.311 e. The number of aliphatic hydroxyl groups is 1. The molecule has 6 nitrogen and oxygen atoms in total. The first-order valence-electron chi connectivity index (χ1n) is 7.75. The Labute approximate surface area is 132 Å². The number of hydrogen-bond donors (Lipinski definition) is 1. The summed E-state index contributed by atoms with van der Waals surface area (Å²) in [5.74, 6) is -0.742. The van der Waals surface area contributed by atoms with Crippen molar-refractivity contribution >= 4 is 11.9 Å². The molecule has 0 radical (unpaired) electrons. The van der Waals surface area contributed by atoms with Gasteiger partial charge in [0.15, 0.2) is 0 Å². The summed E-state index contributed by atoms with van der Waals surface area (Å²) in [5.41, 5.74) is -1.60. The van der Waals surface area contributed by atoms with Crippen molar-refractivity contribution in [3.05, 3.63) is 0 Å². The van der Waals surface area contributed by atoms with Crippen LogP contribution in [0.1, 0.15) is 47.5 Å². The highest BCUT2D eigenvalue weighted by atomic mass is 16.6. The van der Waals surface area contributed by atoms with E-state index in [-0.39, 0.29) is 25.3 Å².